The minimum Gasteiger partial charge on any atom is -0.450 e. The van der Waals surface area contributed by atoms with Crippen molar-refractivity contribution in [1.82, 2.24) is 0 Å². The Bertz CT molecular complexity index is 1050. The number of nitrogens with zero attached hydrogens (tertiary/aromatic N) is 1. The van der Waals surface area contributed by atoms with Crippen LogP contribution in [0.5, 0.6) is 0 Å². The van der Waals surface area contributed by atoms with Gasteiger partial charge in [0.2, 0.25) is 0 Å². The van der Waals surface area contributed by atoms with Crippen LogP contribution in [0.25, 0.3) is 6.08 Å². The summed E-state index contributed by atoms with van der Waals surface area (Å²) in [5.41, 5.74) is 1.76. The monoisotopic (exact) mass is 427 g/mol. The average molecular weight is 428 g/mol. The second-order valence-corrected chi connectivity index (χ2v) is 8.58. The van der Waals surface area contributed by atoms with Crippen LogP contribution >= 0.6 is 35.7 Å². The molecule has 140 valence electrons. The van der Waals surface area contributed by atoms with E-state index in [9.17, 15) is 9.18 Å². The Hall–Kier alpha value is -2.35. The van der Waals surface area contributed by atoms with Gasteiger partial charge in [0.25, 0.3) is 5.91 Å². The third-order valence-corrected chi connectivity index (χ3v) is 6.26. The summed E-state index contributed by atoms with van der Waals surface area (Å²) >= 11 is 8.12. The van der Waals surface area contributed by atoms with Crippen molar-refractivity contribution in [3.63, 3.8) is 0 Å². The van der Waals surface area contributed by atoms with Crippen LogP contribution in [0.15, 0.2) is 81.1 Å². The summed E-state index contributed by atoms with van der Waals surface area (Å²) in [7, 11) is 0. The highest BCUT2D eigenvalue weighted by Crippen LogP contribution is 2.36. The number of halogens is 1. The average Bonchev–Trinajstić information content (AvgIpc) is 3.26. The van der Waals surface area contributed by atoms with E-state index >= 15 is 0 Å². The molecule has 2 heterocycles. The van der Waals surface area contributed by atoms with Crippen molar-refractivity contribution in [2.75, 3.05) is 4.90 Å². The zero-order chi connectivity index (χ0) is 19.5. The van der Waals surface area contributed by atoms with Gasteiger partial charge in [0.05, 0.1) is 10.6 Å². The van der Waals surface area contributed by atoms with Gasteiger partial charge in [-0.1, -0.05) is 66.1 Å². The molecule has 1 amide bonds. The van der Waals surface area contributed by atoms with Crippen molar-refractivity contribution in [2.45, 2.75) is 10.8 Å². The molecule has 0 aliphatic carbocycles. The molecule has 1 fully saturated rings. The lowest BCUT2D eigenvalue weighted by molar-refractivity contribution is -0.113. The summed E-state index contributed by atoms with van der Waals surface area (Å²) in [5.74, 6) is 0.799. The maximum atomic E-state index is 13.1. The van der Waals surface area contributed by atoms with E-state index < -0.39 is 0 Å². The van der Waals surface area contributed by atoms with E-state index in [1.807, 2.05) is 30.3 Å². The van der Waals surface area contributed by atoms with E-state index in [1.54, 1.807) is 17.8 Å². The van der Waals surface area contributed by atoms with E-state index in [0.717, 1.165) is 10.8 Å². The molecule has 2 aromatic carbocycles. The Morgan fingerprint density at radius 3 is 2.57 bits per heavy atom. The van der Waals surface area contributed by atoms with E-state index in [1.165, 1.54) is 46.5 Å². The Morgan fingerprint density at radius 2 is 1.82 bits per heavy atom. The van der Waals surface area contributed by atoms with Gasteiger partial charge in [0.15, 0.2) is 9.41 Å². The largest absolute Gasteiger partial charge is 0.450 e. The second kappa shape index (κ2) is 8.34. The Morgan fingerprint density at radius 1 is 1.07 bits per heavy atom. The van der Waals surface area contributed by atoms with Crippen molar-refractivity contribution in [3.05, 3.63) is 88.8 Å². The highest BCUT2D eigenvalue weighted by atomic mass is 32.2. The van der Waals surface area contributed by atoms with Crippen LogP contribution < -0.4 is 4.90 Å². The molecular weight excluding hydrogens is 413 g/mol. The summed E-state index contributed by atoms with van der Waals surface area (Å²) in [6.07, 6.45) is 1.69. The van der Waals surface area contributed by atoms with Gasteiger partial charge in [-0.05, 0) is 42.0 Å². The molecule has 1 saturated heterocycles. The highest BCUT2D eigenvalue weighted by Gasteiger charge is 2.33. The maximum Gasteiger partial charge on any atom is 0.270 e. The van der Waals surface area contributed by atoms with Gasteiger partial charge in [-0.3, -0.25) is 9.69 Å². The van der Waals surface area contributed by atoms with Gasteiger partial charge in [-0.2, -0.15) is 0 Å². The number of carbonyl (C=O) groups excluding carboxylic acids is 1. The molecule has 0 spiro atoms. The standard InChI is InChI=1S/C21H14FNO2S3/c22-15-6-8-16(9-7-15)23-20(24)18(28-21(23)26)12-17-10-11-19(25-17)27-13-14-4-2-1-3-5-14/h1-12H,13H2/b18-12-. The highest BCUT2D eigenvalue weighted by molar-refractivity contribution is 8.27. The number of thiocarbonyl (C=S) groups is 1. The molecule has 1 aliphatic heterocycles. The van der Waals surface area contributed by atoms with Crippen molar-refractivity contribution in [3.8, 4) is 0 Å². The van der Waals surface area contributed by atoms with Gasteiger partial charge >= 0.3 is 0 Å². The first-order valence-corrected chi connectivity index (χ1v) is 10.6. The van der Waals surface area contributed by atoms with Gasteiger partial charge in [-0.25, -0.2) is 4.39 Å². The summed E-state index contributed by atoms with van der Waals surface area (Å²) in [4.78, 5) is 14.6. The van der Waals surface area contributed by atoms with Gasteiger partial charge in [0, 0.05) is 11.8 Å². The molecular formula is C21H14FNO2S3. The molecule has 1 aromatic heterocycles. The summed E-state index contributed by atoms with van der Waals surface area (Å²) in [5, 5.41) is 0.782. The number of thioether (sulfide) groups is 2. The maximum absolute atomic E-state index is 13.1. The van der Waals surface area contributed by atoms with Crippen LogP contribution in [0, 0.1) is 5.82 Å². The summed E-state index contributed by atoms with van der Waals surface area (Å²) in [6, 6.07) is 19.5. The zero-order valence-electron chi connectivity index (χ0n) is 14.5. The van der Waals surface area contributed by atoms with Crippen LogP contribution in [0.1, 0.15) is 11.3 Å². The number of anilines is 1. The van der Waals surface area contributed by atoms with Gasteiger partial charge in [0.1, 0.15) is 11.6 Å². The predicted octanol–water partition coefficient (Wildman–Crippen LogP) is 6.12. The molecule has 0 saturated carbocycles. The fourth-order valence-corrected chi connectivity index (χ4v) is 4.73. The zero-order valence-corrected chi connectivity index (χ0v) is 17.0. The number of rotatable bonds is 5. The molecule has 4 rings (SSSR count). The van der Waals surface area contributed by atoms with Crippen LogP contribution in [0.2, 0.25) is 0 Å². The topological polar surface area (TPSA) is 33.5 Å². The number of hydrogen-bond acceptors (Lipinski definition) is 5. The Labute approximate surface area is 175 Å². The number of benzene rings is 2. The molecule has 0 N–H and O–H groups in total. The van der Waals surface area contributed by atoms with Crippen LogP contribution in [-0.2, 0) is 10.5 Å². The van der Waals surface area contributed by atoms with Crippen molar-refractivity contribution in [2.24, 2.45) is 0 Å². The molecule has 28 heavy (non-hydrogen) atoms. The third kappa shape index (κ3) is 4.22. The first-order chi connectivity index (χ1) is 13.6. The first kappa shape index (κ1) is 19.0. The lowest BCUT2D eigenvalue weighted by atomic mass is 10.2. The molecule has 7 heteroatoms. The number of furan rings is 1. The number of amides is 1. The molecule has 0 atom stereocenters. The predicted molar refractivity (Wildman–Crippen MR) is 117 cm³/mol. The molecule has 0 unspecified atom stereocenters. The molecule has 0 bridgehead atoms. The lowest BCUT2D eigenvalue weighted by Gasteiger charge is -2.14. The van der Waals surface area contributed by atoms with Gasteiger partial charge in [-0.15, -0.1) is 0 Å². The van der Waals surface area contributed by atoms with Crippen LogP contribution in [0.4, 0.5) is 10.1 Å². The van der Waals surface area contributed by atoms with Crippen molar-refractivity contribution < 1.29 is 13.6 Å². The van der Waals surface area contributed by atoms with E-state index in [-0.39, 0.29) is 11.7 Å². The third-order valence-electron chi connectivity index (χ3n) is 3.98. The SMILES string of the molecule is O=C1/C(=C/c2ccc(SCc3ccccc3)o2)SC(=S)N1c1ccc(F)cc1. The number of carbonyl (C=O) groups is 1. The fraction of sp³-hybridized carbons (Fsp3) is 0.0476. The minimum atomic E-state index is -0.360. The fourth-order valence-electron chi connectivity index (χ4n) is 2.63. The van der Waals surface area contributed by atoms with Crippen LogP contribution in [-0.4, -0.2) is 10.2 Å². The van der Waals surface area contributed by atoms with E-state index in [0.29, 0.717) is 20.7 Å². The van der Waals surface area contributed by atoms with E-state index in [2.05, 4.69) is 12.1 Å². The smallest absolute Gasteiger partial charge is 0.270 e. The van der Waals surface area contributed by atoms with Gasteiger partial charge < -0.3 is 4.42 Å². The Balaban J connectivity index is 1.47. The molecule has 3 nitrogen and oxygen atoms in total. The molecule has 3 aromatic rings. The molecule has 1 aliphatic rings. The minimum absolute atomic E-state index is 0.239. The van der Waals surface area contributed by atoms with Crippen molar-refractivity contribution in [1.29, 1.82) is 0 Å². The number of hydrogen-bond donors (Lipinski definition) is 0. The second-order valence-electron chi connectivity index (χ2n) is 5.92. The molecule has 0 radical (unpaired) electrons. The van der Waals surface area contributed by atoms with Crippen molar-refractivity contribution >= 4 is 57.7 Å². The first-order valence-electron chi connectivity index (χ1n) is 8.40. The normalized spacial score (nSPS) is 15.6. The lowest BCUT2D eigenvalue weighted by Crippen LogP contribution is -2.27. The summed E-state index contributed by atoms with van der Waals surface area (Å²) in [6.45, 7) is 0. The Kier molecular flexibility index (Phi) is 5.66. The summed E-state index contributed by atoms with van der Waals surface area (Å²) < 4.78 is 19.4. The van der Waals surface area contributed by atoms with Crippen LogP contribution in [0.3, 0.4) is 0 Å². The van der Waals surface area contributed by atoms with E-state index in [4.69, 9.17) is 16.6 Å². The quantitative estimate of drug-likeness (QED) is 0.278.